The van der Waals surface area contributed by atoms with Gasteiger partial charge in [-0.3, -0.25) is 14.2 Å². The van der Waals surface area contributed by atoms with E-state index in [-0.39, 0.29) is 11.5 Å². The second kappa shape index (κ2) is 7.69. The number of aromatic nitrogens is 2. The summed E-state index contributed by atoms with van der Waals surface area (Å²) in [4.78, 5) is 30.1. The number of halogens is 1. The van der Waals surface area contributed by atoms with Crippen molar-refractivity contribution >= 4 is 56.5 Å². The second-order valence-electron chi connectivity index (χ2n) is 5.49. The molecule has 1 amide bonds. The van der Waals surface area contributed by atoms with E-state index in [1.165, 1.54) is 34.8 Å². The molecular weight excluding hydrogens is 394 g/mol. The van der Waals surface area contributed by atoms with Gasteiger partial charge in [0.15, 0.2) is 5.16 Å². The first-order valence-electron chi connectivity index (χ1n) is 7.66. The minimum Gasteiger partial charge on any atom is -0.495 e. The summed E-state index contributed by atoms with van der Waals surface area (Å²) in [5.41, 5.74) is 0.371. The number of nitrogens with one attached hydrogen (secondary N) is 1. The van der Waals surface area contributed by atoms with Crippen molar-refractivity contribution in [2.75, 3.05) is 12.4 Å². The van der Waals surface area contributed by atoms with Crippen LogP contribution in [0.25, 0.3) is 10.2 Å². The Balaban J connectivity index is 1.81. The molecule has 2 heterocycles. The smallest absolute Gasteiger partial charge is 0.262 e. The van der Waals surface area contributed by atoms with E-state index in [1.807, 2.05) is 5.38 Å². The van der Waals surface area contributed by atoms with Gasteiger partial charge in [-0.1, -0.05) is 23.4 Å². The molecule has 0 fully saturated rings. The third-order valence-electron chi connectivity index (χ3n) is 3.73. The van der Waals surface area contributed by atoms with Crippen LogP contribution >= 0.6 is 34.7 Å². The summed E-state index contributed by atoms with van der Waals surface area (Å²) in [6.07, 6.45) is 0. The van der Waals surface area contributed by atoms with Crippen molar-refractivity contribution in [3.63, 3.8) is 0 Å². The van der Waals surface area contributed by atoms with E-state index in [2.05, 4.69) is 10.3 Å². The van der Waals surface area contributed by atoms with E-state index in [1.54, 1.807) is 38.2 Å². The summed E-state index contributed by atoms with van der Waals surface area (Å²) in [5, 5.41) is 5.73. The number of carbonyl (C=O) groups excluding carboxylic acids is 1. The number of hydrogen-bond acceptors (Lipinski definition) is 6. The summed E-state index contributed by atoms with van der Waals surface area (Å²) < 4.78 is 6.70. The number of nitrogens with zero attached hydrogens (tertiary/aromatic N) is 2. The van der Waals surface area contributed by atoms with Crippen molar-refractivity contribution in [1.29, 1.82) is 0 Å². The molecule has 0 aliphatic rings. The van der Waals surface area contributed by atoms with E-state index < -0.39 is 5.25 Å². The lowest BCUT2D eigenvalue weighted by Crippen LogP contribution is -2.25. The molecule has 6 nitrogen and oxygen atoms in total. The Labute approximate surface area is 163 Å². The number of amides is 1. The second-order valence-corrected chi connectivity index (χ2v) is 8.13. The van der Waals surface area contributed by atoms with E-state index in [0.29, 0.717) is 31.8 Å². The summed E-state index contributed by atoms with van der Waals surface area (Å²) in [6, 6.07) is 6.75. The van der Waals surface area contributed by atoms with Crippen LogP contribution < -0.4 is 15.6 Å². The molecule has 9 heteroatoms. The zero-order valence-corrected chi connectivity index (χ0v) is 16.7. The van der Waals surface area contributed by atoms with E-state index >= 15 is 0 Å². The lowest BCUT2D eigenvalue weighted by Gasteiger charge is -2.15. The van der Waals surface area contributed by atoms with Crippen LogP contribution in [0.5, 0.6) is 5.75 Å². The number of methoxy groups -OCH3 is 1. The molecule has 0 aliphatic heterocycles. The maximum Gasteiger partial charge on any atom is 0.262 e. The van der Waals surface area contributed by atoms with Crippen LogP contribution in [0.4, 0.5) is 5.69 Å². The molecule has 0 saturated heterocycles. The minimum atomic E-state index is -0.478. The van der Waals surface area contributed by atoms with Crippen molar-refractivity contribution < 1.29 is 9.53 Å². The number of benzene rings is 1. The Bertz CT molecular complexity index is 1030. The van der Waals surface area contributed by atoms with Crippen LogP contribution in [0, 0.1) is 0 Å². The predicted octanol–water partition coefficient (Wildman–Crippen LogP) is 3.78. The Hall–Kier alpha value is -2.03. The Kier molecular flexibility index (Phi) is 5.55. The summed E-state index contributed by atoms with van der Waals surface area (Å²) in [6.45, 7) is 1.75. The molecule has 1 aromatic carbocycles. The highest BCUT2D eigenvalue weighted by molar-refractivity contribution is 8.00. The van der Waals surface area contributed by atoms with Gasteiger partial charge in [-0.2, -0.15) is 0 Å². The lowest BCUT2D eigenvalue weighted by atomic mass is 10.3. The van der Waals surface area contributed by atoms with Crippen molar-refractivity contribution in [3.8, 4) is 5.75 Å². The third-order valence-corrected chi connectivity index (χ3v) is 5.92. The maximum absolute atomic E-state index is 12.6. The predicted molar refractivity (Wildman–Crippen MR) is 107 cm³/mol. The van der Waals surface area contributed by atoms with Crippen LogP contribution in [0.15, 0.2) is 39.6 Å². The van der Waals surface area contributed by atoms with Crippen LogP contribution in [0.2, 0.25) is 5.02 Å². The molecule has 0 spiro atoms. The first kappa shape index (κ1) is 18.8. The molecule has 1 atom stereocenters. The average molecular weight is 410 g/mol. The molecule has 0 radical (unpaired) electrons. The van der Waals surface area contributed by atoms with E-state index in [0.717, 1.165) is 0 Å². The maximum atomic E-state index is 12.6. The van der Waals surface area contributed by atoms with Gasteiger partial charge >= 0.3 is 0 Å². The monoisotopic (exact) mass is 409 g/mol. The summed E-state index contributed by atoms with van der Waals surface area (Å²) in [7, 11) is 3.17. The number of ether oxygens (including phenoxy) is 1. The summed E-state index contributed by atoms with van der Waals surface area (Å²) >= 11 is 8.61. The van der Waals surface area contributed by atoms with Gasteiger partial charge < -0.3 is 10.1 Å². The molecule has 0 saturated carbocycles. The van der Waals surface area contributed by atoms with Gasteiger partial charge in [0.25, 0.3) is 5.56 Å². The molecule has 1 N–H and O–H groups in total. The number of thioether (sulfide) groups is 1. The fourth-order valence-electron chi connectivity index (χ4n) is 2.31. The molecule has 26 heavy (non-hydrogen) atoms. The molecule has 3 rings (SSSR count). The van der Waals surface area contributed by atoms with E-state index in [4.69, 9.17) is 16.3 Å². The van der Waals surface area contributed by atoms with Crippen molar-refractivity contribution in [3.05, 3.63) is 45.0 Å². The number of carbonyl (C=O) groups is 1. The Morgan fingerprint density at radius 2 is 2.19 bits per heavy atom. The van der Waals surface area contributed by atoms with Crippen LogP contribution in [-0.2, 0) is 11.8 Å². The number of rotatable bonds is 5. The molecule has 3 aromatic rings. The van der Waals surface area contributed by atoms with Crippen LogP contribution in [0.3, 0.4) is 0 Å². The van der Waals surface area contributed by atoms with Gasteiger partial charge in [0.1, 0.15) is 10.6 Å². The molecule has 0 aliphatic carbocycles. The third kappa shape index (κ3) is 3.72. The highest BCUT2D eigenvalue weighted by atomic mass is 35.5. The highest BCUT2D eigenvalue weighted by Crippen LogP contribution is 2.29. The highest BCUT2D eigenvalue weighted by Gasteiger charge is 2.20. The van der Waals surface area contributed by atoms with Gasteiger partial charge in [0.05, 0.1) is 23.4 Å². The van der Waals surface area contributed by atoms with Gasteiger partial charge in [-0.15, -0.1) is 11.3 Å². The average Bonchev–Trinajstić information content (AvgIpc) is 3.08. The Morgan fingerprint density at radius 3 is 2.92 bits per heavy atom. The van der Waals surface area contributed by atoms with Crippen LogP contribution in [-0.4, -0.2) is 27.8 Å². The van der Waals surface area contributed by atoms with Crippen LogP contribution in [0.1, 0.15) is 6.92 Å². The molecule has 2 aromatic heterocycles. The number of thiophene rings is 1. The number of fused-ring (bicyclic) bond motifs is 1. The number of anilines is 1. The first-order valence-corrected chi connectivity index (χ1v) is 9.79. The summed E-state index contributed by atoms with van der Waals surface area (Å²) in [5.74, 6) is 0.279. The standard InChI is InChI=1S/C17H16ClN3O3S2/c1-9(14(22)19-12-8-10(18)4-5-13(12)24-3)26-17-20-15-11(6-7-25-15)16(23)21(17)2/h4-9H,1-3H3,(H,19,22). The van der Waals surface area contributed by atoms with Gasteiger partial charge in [0, 0.05) is 12.1 Å². The van der Waals surface area contributed by atoms with Crippen molar-refractivity contribution in [2.24, 2.45) is 7.05 Å². The first-order chi connectivity index (χ1) is 12.4. The SMILES string of the molecule is COc1ccc(Cl)cc1NC(=O)C(C)Sc1nc2sccc2c(=O)n1C. The van der Waals surface area contributed by atoms with Crippen molar-refractivity contribution in [1.82, 2.24) is 9.55 Å². The quantitative estimate of drug-likeness (QED) is 0.512. The largest absolute Gasteiger partial charge is 0.495 e. The lowest BCUT2D eigenvalue weighted by molar-refractivity contribution is -0.115. The molecular formula is C17H16ClN3O3S2. The fraction of sp³-hybridized carbons (Fsp3) is 0.235. The topological polar surface area (TPSA) is 73.2 Å². The normalized spacial score (nSPS) is 12.2. The molecule has 0 bridgehead atoms. The Morgan fingerprint density at radius 1 is 1.42 bits per heavy atom. The molecule has 136 valence electrons. The van der Waals surface area contributed by atoms with E-state index in [9.17, 15) is 9.59 Å². The minimum absolute atomic E-state index is 0.122. The molecule has 1 unspecified atom stereocenters. The van der Waals surface area contributed by atoms with Gasteiger partial charge in [0.2, 0.25) is 5.91 Å². The zero-order valence-electron chi connectivity index (χ0n) is 14.3. The van der Waals surface area contributed by atoms with Gasteiger partial charge in [-0.25, -0.2) is 4.98 Å². The number of hydrogen-bond donors (Lipinski definition) is 1. The fourth-order valence-corrected chi connectivity index (χ4v) is 4.16. The van der Waals surface area contributed by atoms with Gasteiger partial charge in [-0.05, 0) is 36.6 Å². The zero-order chi connectivity index (χ0) is 18.8. The van der Waals surface area contributed by atoms with Crippen molar-refractivity contribution in [2.45, 2.75) is 17.3 Å².